The zero-order chi connectivity index (χ0) is 32.3. The van der Waals surface area contributed by atoms with Gasteiger partial charge < -0.3 is 15.1 Å². The molecule has 0 spiro atoms. The van der Waals surface area contributed by atoms with Crippen LogP contribution >= 0.6 is 11.9 Å². The minimum absolute atomic E-state index is 0.0503. The number of nitrogens with zero attached hydrogens (tertiary/aromatic N) is 5. The quantitative estimate of drug-likeness (QED) is 0.359. The fraction of sp³-hybridized carbons (Fsp3) is 0.613. The van der Waals surface area contributed by atoms with Crippen LogP contribution in [0.3, 0.4) is 0 Å². The lowest BCUT2D eigenvalue weighted by Crippen LogP contribution is -2.41. The third kappa shape index (κ3) is 7.18. The van der Waals surface area contributed by atoms with Crippen molar-refractivity contribution in [1.29, 1.82) is 0 Å². The number of alkyl halides is 3. The van der Waals surface area contributed by atoms with Crippen molar-refractivity contribution >= 4 is 40.6 Å². The molecule has 0 aromatic carbocycles. The van der Waals surface area contributed by atoms with Gasteiger partial charge in [-0.1, -0.05) is 27.0 Å². The van der Waals surface area contributed by atoms with Gasteiger partial charge in [0.2, 0.25) is 0 Å². The van der Waals surface area contributed by atoms with Crippen LogP contribution in [0.5, 0.6) is 0 Å². The highest BCUT2D eigenvalue weighted by Gasteiger charge is 2.62. The smallest absolute Gasteiger partial charge is 0.371 e. The van der Waals surface area contributed by atoms with Crippen LogP contribution in [-0.4, -0.2) is 71.3 Å². The first-order valence-electron chi connectivity index (χ1n) is 15.4. The molecule has 4 heterocycles. The van der Waals surface area contributed by atoms with Gasteiger partial charge in [0.1, 0.15) is 22.5 Å². The van der Waals surface area contributed by atoms with E-state index in [4.69, 9.17) is 4.98 Å². The summed E-state index contributed by atoms with van der Waals surface area (Å²) < 4.78 is 43.2. The first kappa shape index (κ1) is 33.7. The third-order valence-electron chi connectivity index (χ3n) is 8.79. The minimum atomic E-state index is -4.25. The predicted octanol–water partition coefficient (Wildman–Crippen LogP) is 6.50. The zero-order valence-corrected chi connectivity index (χ0v) is 26.9. The van der Waals surface area contributed by atoms with Crippen LogP contribution in [0.2, 0.25) is 0 Å². The van der Waals surface area contributed by atoms with E-state index in [9.17, 15) is 22.8 Å². The Labute approximate surface area is 262 Å². The van der Waals surface area contributed by atoms with Crippen LogP contribution < -0.4 is 19.8 Å². The van der Waals surface area contributed by atoms with Crippen molar-refractivity contribution in [2.45, 2.75) is 77.9 Å². The van der Waals surface area contributed by atoms with Crippen molar-refractivity contribution in [2.75, 3.05) is 42.5 Å². The molecule has 242 valence electrons. The first-order valence-corrected chi connectivity index (χ1v) is 16.2. The molecule has 3 amide bonds. The summed E-state index contributed by atoms with van der Waals surface area (Å²) in [4.78, 5) is 41.2. The van der Waals surface area contributed by atoms with Crippen LogP contribution in [0.15, 0.2) is 42.2 Å². The van der Waals surface area contributed by atoms with Gasteiger partial charge in [0.25, 0.3) is 5.91 Å². The lowest BCUT2D eigenvalue weighted by molar-refractivity contribution is -0.189. The number of carbonyl (C=O) groups excluding carboxylic acids is 2. The average molecular weight is 636 g/mol. The topological polar surface area (TPSA) is 93.2 Å². The molecule has 2 N–H and O–H groups in total. The molecule has 2 saturated heterocycles. The fourth-order valence-electron chi connectivity index (χ4n) is 6.16. The molecule has 5 rings (SSSR count). The molecule has 1 unspecified atom stereocenters. The number of fused-ring (bicyclic) bond motifs is 4. The number of nitrogens with one attached hydrogen (secondary N) is 2. The summed E-state index contributed by atoms with van der Waals surface area (Å²) in [5, 5.41) is 3.70. The van der Waals surface area contributed by atoms with E-state index < -0.39 is 11.6 Å². The lowest BCUT2D eigenvalue weighted by atomic mass is 9.93. The summed E-state index contributed by atoms with van der Waals surface area (Å²) in [5.74, 6) is 1.36. The van der Waals surface area contributed by atoms with Crippen molar-refractivity contribution in [1.82, 2.24) is 19.9 Å². The molecule has 2 bridgehead atoms. The molecule has 1 aromatic rings. The number of urea groups is 1. The molecular weight excluding hydrogens is 591 g/mol. The second-order valence-corrected chi connectivity index (χ2v) is 13.0. The van der Waals surface area contributed by atoms with Crippen LogP contribution in [0.4, 0.5) is 29.6 Å². The van der Waals surface area contributed by atoms with E-state index >= 15 is 0 Å². The molecular formula is C31H44F3N7O2S. The number of aromatic nitrogens is 1. The number of hydrogen-bond donors (Lipinski definition) is 2. The van der Waals surface area contributed by atoms with Gasteiger partial charge in [-0.05, 0) is 76.5 Å². The largest absolute Gasteiger partial charge is 0.394 e. The molecule has 1 aliphatic carbocycles. The summed E-state index contributed by atoms with van der Waals surface area (Å²) in [7, 11) is 0. The Morgan fingerprint density at radius 2 is 1.91 bits per heavy atom. The average Bonchev–Trinajstić information content (AvgIpc) is 3.62. The van der Waals surface area contributed by atoms with E-state index in [0.717, 1.165) is 37.8 Å². The number of halogens is 3. The predicted molar refractivity (Wildman–Crippen MR) is 171 cm³/mol. The Kier molecular flexibility index (Phi) is 10.3. The maximum absolute atomic E-state index is 13.5. The van der Waals surface area contributed by atoms with Crippen LogP contribution in [0, 0.1) is 11.3 Å². The molecule has 9 nitrogen and oxygen atoms in total. The molecule has 1 saturated carbocycles. The number of pyridine rings is 1. The summed E-state index contributed by atoms with van der Waals surface area (Å²) >= 11 is 1.03. The second kappa shape index (κ2) is 13.4. The summed E-state index contributed by atoms with van der Waals surface area (Å²) in [6, 6.07) is 2.93. The van der Waals surface area contributed by atoms with Gasteiger partial charge >= 0.3 is 12.2 Å². The Balaban J connectivity index is 0.00000216. The van der Waals surface area contributed by atoms with Crippen molar-refractivity contribution in [3.63, 3.8) is 0 Å². The Morgan fingerprint density at radius 1 is 1.18 bits per heavy atom. The van der Waals surface area contributed by atoms with Crippen molar-refractivity contribution in [3.8, 4) is 0 Å². The third-order valence-corrected chi connectivity index (χ3v) is 9.55. The molecule has 3 aliphatic heterocycles. The Morgan fingerprint density at radius 3 is 2.57 bits per heavy atom. The monoisotopic (exact) mass is 635 g/mol. The summed E-state index contributed by atoms with van der Waals surface area (Å²) in [6.45, 7) is 18.1. The van der Waals surface area contributed by atoms with Gasteiger partial charge in [0, 0.05) is 50.2 Å². The van der Waals surface area contributed by atoms with Gasteiger partial charge in [-0.15, -0.1) is 0 Å². The van der Waals surface area contributed by atoms with Crippen LogP contribution in [-0.2, 0) is 0 Å². The Hall–Kier alpha value is -3.22. The molecule has 4 aliphatic rings. The van der Waals surface area contributed by atoms with E-state index in [1.54, 1.807) is 12.1 Å². The highest BCUT2D eigenvalue weighted by atomic mass is 32.2. The van der Waals surface area contributed by atoms with Crippen molar-refractivity contribution in [2.24, 2.45) is 16.3 Å². The second-order valence-electron chi connectivity index (χ2n) is 12.2. The van der Waals surface area contributed by atoms with Crippen LogP contribution in [0.25, 0.3) is 0 Å². The molecule has 1 atom stereocenters. The van der Waals surface area contributed by atoms with E-state index in [0.29, 0.717) is 53.6 Å². The SMILES string of the molecule is C=C/C1=N\C(=C)NCCCC2CN(c3nc(N4CCN(CCC5(C(F)(F)F)CC5)C4=O)ccc3C(=O)NS1)C(C)(C)C2.CC. The number of carbonyl (C=O) groups is 2. The molecule has 3 fully saturated rings. The van der Waals surface area contributed by atoms with E-state index in [1.807, 2.05) is 13.8 Å². The van der Waals surface area contributed by atoms with Crippen LogP contribution in [0.1, 0.15) is 76.6 Å². The van der Waals surface area contributed by atoms with Gasteiger partial charge in [-0.2, -0.15) is 13.2 Å². The molecule has 1 aromatic heterocycles. The first-order chi connectivity index (χ1) is 20.8. The molecule has 0 radical (unpaired) electrons. The van der Waals surface area contributed by atoms with Gasteiger partial charge in [0.15, 0.2) is 0 Å². The number of anilines is 2. The van der Waals surface area contributed by atoms with E-state index in [-0.39, 0.29) is 43.3 Å². The maximum atomic E-state index is 13.5. The maximum Gasteiger partial charge on any atom is 0.394 e. The van der Waals surface area contributed by atoms with Crippen molar-refractivity contribution < 1.29 is 22.8 Å². The highest BCUT2D eigenvalue weighted by Crippen LogP contribution is 2.60. The van der Waals surface area contributed by atoms with Gasteiger partial charge in [-0.25, -0.2) is 14.8 Å². The van der Waals surface area contributed by atoms with Crippen molar-refractivity contribution in [3.05, 3.63) is 42.8 Å². The van der Waals surface area contributed by atoms with E-state index in [1.165, 1.54) is 15.9 Å². The van der Waals surface area contributed by atoms with Gasteiger partial charge in [0.05, 0.1) is 11.0 Å². The number of amides is 3. The summed E-state index contributed by atoms with van der Waals surface area (Å²) in [5.41, 5.74) is -1.59. The highest BCUT2D eigenvalue weighted by molar-refractivity contribution is 8.13. The Bertz CT molecular complexity index is 1300. The standard InChI is InChI=1S/C29H38F3N7O2S.C2H6/c1-5-23-34-19(2)33-13-6-7-20-17-27(3,4)39(18-20)24-21(25(40)36-42-23)8-9-22(35-24)38-16-15-37(26(38)41)14-12-28(10-11-28)29(30,31)32;1-2/h5,8-9,20,33H,1-2,6-7,10-18H2,3-4H3,(H,36,40);1-2H3/b34-23+;. The number of hydrogen-bond acceptors (Lipinski definition) is 7. The molecule has 44 heavy (non-hydrogen) atoms. The minimum Gasteiger partial charge on any atom is -0.371 e. The normalized spacial score (nSPS) is 24.5. The number of aliphatic imine (C=N–C) groups is 1. The molecule has 13 heteroatoms. The van der Waals surface area contributed by atoms with E-state index in [2.05, 4.69) is 46.9 Å². The fourth-order valence-corrected chi connectivity index (χ4v) is 6.71. The van der Waals surface area contributed by atoms with Gasteiger partial charge in [-0.3, -0.25) is 14.4 Å². The number of rotatable bonds is 5. The zero-order valence-electron chi connectivity index (χ0n) is 26.1. The lowest BCUT2D eigenvalue weighted by Gasteiger charge is -2.34. The summed E-state index contributed by atoms with van der Waals surface area (Å²) in [6.07, 6.45) is 0.233.